The molecule has 0 saturated heterocycles. The van der Waals surface area contributed by atoms with E-state index in [2.05, 4.69) is 0 Å². The van der Waals surface area contributed by atoms with Gasteiger partial charge in [-0.25, -0.2) is 0 Å². The monoisotopic (exact) mass is 246 g/mol. The maximum Gasteiger partial charge on any atom is 0.309 e. The van der Waals surface area contributed by atoms with Gasteiger partial charge in [-0.05, 0) is 34.1 Å². The molecule has 0 aliphatic rings. The average molecular weight is 246 g/mol. The lowest BCUT2D eigenvalue weighted by Crippen LogP contribution is -2.44. The highest BCUT2D eigenvalue weighted by atomic mass is 16.6. The van der Waals surface area contributed by atoms with Gasteiger partial charge in [0, 0.05) is 6.42 Å². The van der Waals surface area contributed by atoms with Gasteiger partial charge in [0.25, 0.3) is 0 Å². The first-order valence-electron chi connectivity index (χ1n) is 6.12. The minimum Gasteiger partial charge on any atom is -0.459 e. The van der Waals surface area contributed by atoms with Gasteiger partial charge in [0.2, 0.25) is 0 Å². The quantitative estimate of drug-likeness (QED) is 0.702. The van der Waals surface area contributed by atoms with Gasteiger partial charge in [-0.2, -0.15) is 0 Å². The molecule has 0 heterocycles. The van der Waals surface area contributed by atoms with Crippen LogP contribution in [0.3, 0.4) is 0 Å². The number of carbonyl (C=O) groups is 1. The number of rotatable bonds is 6. The standard InChI is InChI=1S/C13H26O4/c1-7-9(2)11(14)17-10(13(5,6)16)8-12(3,4)15/h9-10,15-16H,7-8H2,1-6H3. The Bertz CT molecular complexity index is 247. The SMILES string of the molecule is CCC(C)C(=O)OC(CC(C)(C)O)C(C)(C)O. The number of hydrogen-bond acceptors (Lipinski definition) is 4. The summed E-state index contributed by atoms with van der Waals surface area (Å²) in [6.45, 7) is 10.1. The Hall–Kier alpha value is -0.610. The molecule has 2 atom stereocenters. The van der Waals surface area contributed by atoms with Crippen molar-refractivity contribution in [3.8, 4) is 0 Å². The van der Waals surface area contributed by atoms with E-state index >= 15 is 0 Å². The van der Waals surface area contributed by atoms with E-state index in [4.69, 9.17) is 4.74 Å². The van der Waals surface area contributed by atoms with E-state index in [0.717, 1.165) is 0 Å². The molecule has 0 aromatic rings. The Balaban J connectivity index is 4.68. The van der Waals surface area contributed by atoms with Crippen LogP contribution in [-0.2, 0) is 9.53 Å². The van der Waals surface area contributed by atoms with Gasteiger partial charge >= 0.3 is 5.97 Å². The van der Waals surface area contributed by atoms with Gasteiger partial charge in [0.15, 0.2) is 0 Å². The fraction of sp³-hybridized carbons (Fsp3) is 0.923. The van der Waals surface area contributed by atoms with E-state index in [1.807, 2.05) is 6.92 Å². The predicted octanol–water partition coefficient (Wildman–Crippen LogP) is 1.88. The molecule has 2 N–H and O–H groups in total. The zero-order valence-electron chi connectivity index (χ0n) is 11.8. The van der Waals surface area contributed by atoms with E-state index < -0.39 is 17.3 Å². The lowest BCUT2D eigenvalue weighted by molar-refractivity contribution is -0.171. The van der Waals surface area contributed by atoms with Crippen LogP contribution in [0.4, 0.5) is 0 Å². The molecule has 0 aliphatic carbocycles. The van der Waals surface area contributed by atoms with Crippen LogP contribution < -0.4 is 0 Å². The molecule has 0 radical (unpaired) electrons. The Morgan fingerprint density at radius 2 is 1.71 bits per heavy atom. The zero-order chi connectivity index (χ0) is 13.9. The van der Waals surface area contributed by atoms with Gasteiger partial charge in [-0.15, -0.1) is 0 Å². The average Bonchev–Trinajstić information content (AvgIpc) is 2.11. The molecule has 102 valence electrons. The van der Waals surface area contributed by atoms with Gasteiger partial charge in [-0.1, -0.05) is 13.8 Å². The van der Waals surface area contributed by atoms with Crippen molar-refractivity contribution < 1.29 is 19.7 Å². The zero-order valence-corrected chi connectivity index (χ0v) is 11.8. The Labute approximate surface area is 104 Å². The predicted molar refractivity (Wildman–Crippen MR) is 66.5 cm³/mol. The first-order valence-corrected chi connectivity index (χ1v) is 6.12. The number of aliphatic hydroxyl groups is 2. The lowest BCUT2D eigenvalue weighted by atomic mass is 9.90. The van der Waals surface area contributed by atoms with E-state index in [9.17, 15) is 15.0 Å². The van der Waals surface area contributed by atoms with Gasteiger partial charge in [0.1, 0.15) is 6.10 Å². The van der Waals surface area contributed by atoms with Gasteiger partial charge in [-0.3, -0.25) is 4.79 Å². The Morgan fingerprint density at radius 3 is 2.00 bits per heavy atom. The first-order chi connectivity index (χ1) is 7.47. The molecule has 0 bridgehead atoms. The minimum absolute atomic E-state index is 0.193. The normalized spacial score (nSPS) is 16.5. The van der Waals surface area contributed by atoms with Crippen LogP contribution in [-0.4, -0.2) is 33.5 Å². The van der Waals surface area contributed by atoms with E-state index in [-0.39, 0.29) is 18.3 Å². The van der Waals surface area contributed by atoms with Crippen molar-refractivity contribution >= 4 is 5.97 Å². The van der Waals surface area contributed by atoms with E-state index in [0.29, 0.717) is 6.42 Å². The van der Waals surface area contributed by atoms with Crippen molar-refractivity contribution in [3.63, 3.8) is 0 Å². The maximum atomic E-state index is 11.7. The molecule has 0 aliphatic heterocycles. The summed E-state index contributed by atoms with van der Waals surface area (Å²) >= 11 is 0. The molecule has 0 aromatic heterocycles. The second kappa shape index (κ2) is 5.83. The molecule has 2 unspecified atom stereocenters. The minimum atomic E-state index is -1.16. The summed E-state index contributed by atoms with van der Waals surface area (Å²) < 4.78 is 5.29. The molecular weight excluding hydrogens is 220 g/mol. The molecule has 0 saturated carbocycles. The van der Waals surface area contributed by atoms with Crippen molar-refractivity contribution in [3.05, 3.63) is 0 Å². The van der Waals surface area contributed by atoms with Crippen LogP contribution in [0.25, 0.3) is 0 Å². The number of hydrogen-bond donors (Lipinski definition) is 2. The van der Waals surface area contributed by atoms with Gasteiger partial charge < -0.3 is 14.9 Å². The molecule has 0 rings (SSSR count). The number of carbonyl (C=O) groups excluding carboxylic acids is 1. The summed E-state index contributed by atoms with van der Waals surface area (Å²) in [5.74, 6) is -0.523. The molecule has 0 aromatic carbocycles. The summed E-state index contributed by atoms with van der Waals surface area (Å²) in [7, 11) is 0. The van der Waals surface area contributed by atoms with Crippen LogP contribution in [0, 0.1) is 5.92 Å². The van der Waals surface area contributed by atoms with Crippen molar-refractivity contribution in [1.29, 1.82) is 0 Å². The molecule has 0 amide bonds. The molecular formula is C13H26O4. The van der Waals surface area contributed by atoms with Crippen molar-refractivity contribution in [1.82, 2.24) is 0 Å². The summed E-state index contributed by atoms with van der Waals surface area (Å²) in [5.41, 5.74) is -2.15. The first kappa shape index (κ1) is 16.4. The summed E-state index contributed by atoms with van der Waals surface area (Å²) in [5, 5.41) is 19.7. The van der Waals surface area contributed by atoms with Gasteiger partial charge in [0.05, 0.1) is 17.1 Å². The second-order valence-corrected chi connectivity index (χ2v) is 5.91. The van der Waals surface area contributed by atoms with Crippen LogP contribution >= 0.6 is 0 Å². The second-order valence-electron chi connectivity index (χ2n) is 5.91. The third-order valence-electron chi connectivity index (χ3n) is 2.75. The van der Waals surface area contributed by atoms with E-state index in [1.165, 1.54) is 0 Å². The van der Waals surface area contributed by atoms with Crippen LogP contribution in [0.1, 0.15) is 54.4 Å². The largest absolute Gasteiger partial charge is 0.459 e. The van der Waals surface area contributed by atoms with Crippen LogP contribution in [0.5, 0.6) is 0 Å². The topological polar surface area (TPSA) is 66.8 Å². The lowest BCUT2D eigenvalue weighted by Gasteiger charge is -2.33. The highest BCUT2D eigenvalue weighted by Crippen LogP contribution is 2.24. The van der Waals surface area contributed by atoms with Crippen molar-refractivity contribution in [2.24, 2.45) is 5.92 Å². The maximum absolute atomic E-state index is 11.7. The highest BCUT2D eigenvalue weighted by Gasteiger charge is 2.35. The fourth-order valence-corrected chi connectivity index (χ4v) is 1.31. The molecule has 0 spiro atoms. The number of ether oxygens (including phenoxy) is 1. The van der Waals surface area contributed by atoms with E-state index in [1.54, 1.807) is 34.6 Å². The number of esters is 1. The molecule has 0 fully saturated rings. The third-order valence-corrected chi connectivity index (χ3v) is 2.75. The van der Waals surface area contributed by atoms with Crippen LogP contribution in [0.15, 0.2) is 0 Å². The Morgan fingerprint density at radius 1 is 1.24 bits per heavy atom. The molecule has 4 heteroatoms. The van der Waals surface area contributed by atoms with Crippen molar-refractivity contribution in [2.75, 3.05) is 0 Å². The van der Waals surface area contributed by atoms with Crippen molar-refractivity contribution in [2.45, 2.75) is 71.7 Å². The molecule has 17 heavy (non-hydrogen) atoms. The summed E-state index contributed by atoms with van der Waals surface area (Å²) in [6, 6.07) is 0. The third kappa shape index (κ3) is 6.64. The fourth-order valence-electron chi connectivity index (χ4n) is 1.31. The summed E-state index contributed by atoms with van der Waals surface area (Å²) in [4.78, 5) is 11.7. The smallest absolute Gasteiger partial charge is 0.309 e. The molecule has 4 nitrogen and oxygen atoms in total. The summed E-state index contributed by atoms with van der Waals surface area (Å²) in [6.07, 6.45) is 0.197. The Kier molecular flexibility index (Phi) is 5.62. The van der Waals surface area contributed by atoms with Crippen LogP contribution in [0.2, 0.25) is 0 Å². The highest BCUT2D eigenvalue weighted by molar-refractivity contribution is 5.72.